The summed E-state index contributed by atoms with van der Waals surface area (Å²) in [6.07, 6.45) is 6.46. The smallest absolute Gasteiger partial charge is 0.231 e. The number of ether oxygens (including phenoxy) is 2. The second-order valence-corrected chi connectivity index (χ2v) is 10.6. The van der Waals surface area contributed by atoms with E-state index in [1.807, 2.05) is 13.0 Å². The zero-order valence-electron chi connectivity index (χ0n) is 17.5. The van der Waals surface area contributed by atoms with Crippen LogP contribution in [0.1, 0.15) is 51.0 Å². The van der Waals surface area contributed by atoms with Gasteiger partial charge in [-0.15, -0.1) is 24.0 Å². The van der Waals surface area contributed by atoms with E-state index in [9.17, 15) is 8.42 Å². The van der Waals surface area contributed by atoms with E-state index >= 15 is 0 Å². The zero-order chi connectivity index (χ0) is 20.3. The third-order valence-corrected chi connectivity index (χ3v) is 8.02. The van der Waals surface area contributed by atoms with E-state index in [-0.39, 0.29) is 53.7 Å². The van der Waals surface area contributed by atoms with Gasteiger partial charge in [-0.2, -0.15) is 0 Å². The van der Waals surface area contributed by atoms with Gasteiger partial charge in [0.05, 0.1) is 18.1 Å². The van der Waals surface area contributed by atoms with Crippen molar-refractivity contribution < 1.29 is 17.9 Å². The molecule has 168 valence electrons. The number of nitrogens with zero attached hydrogens (tertiary/aromatic N) is 1. The Labute approximate surface area is 196 Å². The van der Waals surface area contributed by atoms with Gasteiger partial charge in [0.25, 0.3) is 0 Å². The predicted octanol–water partition coefficient (Wildman–Crippen LogP) is 2.98. The number of hydrogen-bond donors (Lipinski definition) is 2. The topological polar surface area (TPSA) is 89.0 Å². The van der Waals surface area contributed by atoms with Crippen molar-refractivity contribution >= 4 is 39.8 Å². The first kappa shape index (κ1) is 23.4. The monoisotopic (exact) mass is 549 g/mol. The van der Waals surface area contributed by atoms with Crippen LogP contribution in [-0.2, 0) is 15.3 Å². The Balaban J connectivity index is 0.00000256. The Morgan fingerprint density at radius 2 is 1.97 bits per heavy atom. The lowest BCUT2D eigenvalue weighted by Gasteiger charge is -2.37. The minimum atomic E-state index is -2.92. The molecule has 1 saturated heterocycles. The maximum absolute atomic E-state index is 11.8. The van der Waals surface area contributed by atoms with Crippen LogP contribution in [0.4, 0.5) is 0 Å². The quantitative estimate of drug-likeness (QED) is 0.334. The number of hydrogen-bond acceptors (Lipinski definition) is 5. The molecule has 0 spiro atoms. The van der Waals surface area contributed by atoms with Crippen molar-refractivity contribution in [3.8, 4) is 11.5 Å². The number of rotatable bonds is 5. The molecule has 0 bridgehead atoms. The largest absolute Gasteiger partial charge is 0.454 e. The van der Waals surface area contributed by atoms with Crippen LogP contribution in [0.15, 0.2) is 23.2 Å². The normalized spacial score (nSPS) is 24.2. The number of sulfone groups is 1. The Kier molecular flexibility index (Phi) is 7.76. The maximum atomic E-state index is 11.8. The van der Waals surface area contributed by atoms with Crippen LogP contribution in [0.3, 0.4) is 0 Å². The molecule has 7 nitrogen and oxygen atoms in total. The van der Waals surface area contributed by atoms with E-state index in [4.69, 9.17) is 14.5 Å². The molecule has 4 rings (SSSR count). The van der Waals surface area contributed by atoms with Gasteiger partial charge >= 0.3 is 0 Å². The van der Waals surface area contributed by atoms with Gasteiger partial charge in [0.15, 0.2) is 27.3 Å². The maximum Gasteiger partial charge on any atom is 0.231 e. The summed E-state index contributed by atoms with van der Waals surface area (Å²) in [6.45, 7) is 3.71. The van der Waals surface area contributed by atoms with Crippen LogP contribution in [0.25, 0.3) is 0 Å². The molecule has 0 amide bonds. The molecule has 1 aromatic carbocycles. The Bertz CT molecular complexity index is 869. The molecule has 1 unspecified atom stereocenters. The van der Waals surface area contributed by atoms with E-state index in [1.54, 1.807) is 0 Å². The van der Waals surface area contributed by atoms with Crippen LogP contribution < -0.4 is 20.1 Å². The van der Waals surface area contributed by atoms with Gasteiger partial charge in [0.1, 0.15) is 0 Å². The van der Waals surface area contributed by atoms with Crippen molar-refractivity contribution in [1.29, 1.82) is 0 Å². The first-order chi connectivity index (χ1) is 14.0. The van der Waals surface area contributed by atoms with Crippen LogP contribution in [0.5, 0.6) is 11.5 Å². The highest BCUT2D eigenvalue weighted by atomic mass is 127. The Hall–Kier alpha value is -1.23. The Morgan fingerprint density at radius 1 is 1.20 bits per heavy atom. The summed E-state index contributed by atoms with van der Waals surface area (Å²) in [7, 11) is -2.92. The van der Waals surface area contributed by atoms with Crippen LogP contribution >= 0.6 is 24.0 Å². The number of halogens is 1. The summed E-state index contributed by atoms with van der Waals surface area (Å²) in [5.74, 6) is 2.77. The van der Waals surface area contributed by atoms with Crippen molar-refractivity contribution in [2.45, 2.75) is 56.9 Å². The first-order valence-electron chi connectivity index (χ1n) is 10.7. The molecule has 1 aliphatic carbocycles. The minimum Gasteiger partial charge on any atom is -0.454 e. The second kappa shape index (κ2) is 9.93. The van der Waals surface area contributed by atoms with Crippen molar-refractivity contribution in [1.82, 2.24) is 10.6 Å². The molecule has 2 fully saturated rings. The van der Waals surface area contributed by atoms with Gasteiger partial charge in [-0.3, -0.25) is 4.99 Å². The van der Waals surface area contributed by atoms with E-state index < -0.39 is 9.84 Å². The standard InChI is InChI=1S/C21H31N3O4S.HI/c1-2-22-20(24-17-8-11-29(25,26)13-17)23-14-21(9-4-3-5-10-21)16-6-7-18-19(12-16)28-15-27-18;/h6-7,12,17H,2-5,8-11,13-15H2,1H3,(H2,22,23,24);1H. The SMILES string of the molecule is CCNC(=NCC1(c2ccc3c(c2)OCO3)CCCCC1)NC1CCS(=O)(=O)C1.I. The molecule has 0 radical (unpaired) electrons. The van der Waals surface area contributed by atoms with Crippen LogP contribution in [0, 0.1) is 0 Å². The highest BCUT2D eigenvalue weighted by Crippen LogP contribution is 2.43. The molecule has 2 N–H and O–H groups in total. The molecule has 1 atom stereocenters. The minimum absolute atomic E-state index is 0. The van der Waals surface area contributed by atoms with E-state index in [1.165, 1.54) is 24.8 Å². The predicted molar refractivity (Wildman–Crippen MR) is 129 cm³/mol. The zero-order valence-corrected chi connectivity index (χ0v) is 20.6. The van der Waals surface area contributed by atoms with Crippen molar-refractivity contribution in [3.05, 3.63) is 23.8 Å². The molecular weight excluding hydrogens is 517 g/mol. The van der Waals surface area contributed by atoms with Gasteiger partial charge in [0, 0.05) is 18.0 Å². The van der Waals surface area contributed by atoms with Crippen molar-refractivity contribution in [3.63, 3.8) is 0 Å². The lowest BCUT2D eigenvalue weighted by molar-refractivity contribution is 0.174. The summed E-state index contributed by atoms with van der Waals surface area (Å²) in [6, 6.07) is 6.21. The number of fused-ring (bicyclic) bond motifs is 1. The molecule has 2 heterocycles. The highest BCUT2D eigenvalue weighted by molar-refractivity contribution is 14.0. The summed E-state index contributed by atoms with van der Waals surface area (Å²) in [5.41, 5.74) is 1.23. The first-order valence-corrected chi connectivity index (χ1v) is 12.5. The Morgan fingerprint density at radius 3 is 2.67 bits per heavy atom. The van der Waals surface area contributed by atoms with Gasteiger partial charge < -0.3 is 20.1 Å². The molecule has 3 aliphatic rings. The molecule has 30 heavy (non-hydrogen) atoms. The van der Waals surface area contributed by atoms with Crippen molar-refractivity contribution in [2.75, 3.05) is 31.4 Å². The van der Waals surface area contributed by atoms with Crippen LogP contribution in [0.2, 0.25) is 0 Å². The lowest BCUT2D eigenvalue weighted by Crippen LogP contribution is -2.45. The number of benzene rings is 1. The molecule has 1 saturated carbocycles. The fourth-order valence-corrected chi connectivity index (χ4v) is 6.32. The molecular formula is C21H32IN3O4S. The van der Waals surface area contributed by atoms with E-state index in [0.29, 0.717) is 18.9 Å². The van der Waals surface area contributed by atoms with Gasteiger partial charge in [0.2, 0.25) is 6.79 Å². The fraction of sp³-hybridized carbons (Fsp3) is 0.667. The van der Waals surface area contributed by atoms with E-state index in [2.05, 4.69) is 22.8 Å². The third-order valence-electron chi connectivity index (χ3n) is 6.25. The number of aliphatic imine (C=N–C) groups is 1. The summed E-state index contributed by atoms with van der Waals surface area (Å²) < 4.78 is 34.7. The molecule has 1 aromatic rings. The molecule has 0 aromatic heterocycles. The number of nitrogens with one attached hydrogen (secondary N) is 2. The average molecular weight is 549 g/mol. The van der Waals surface area contributed by atoms with Crippen LogP contribution in [-0.4, -0.2) is 51.8 Å². The fourth-order valence-electron chi connectivity index (χ4n) is 4.65. The third kappa shape index (κ3) is 5.33. The highest BCUT2D eigenvalue weighted by Gasteiger charge is 2.35. The lowest BCUT2D eigenvalue weighted by atomic mass is 9.69. The van der Waals surface area contributed by atoms with E-state index in [0.717, 1.165) is 30.9 Å². The van der Waals surface area contributed by atoms with Gasteiger partial charge in [-0.1, -0.05) is 25.3 Å². The summed E-state index contributed by atoms with van der Waals surface area (Å²) in [4.78, 5) is 4.92. The summed E-state index contributed by atoms with van der Waals surface area (Å²) in [5, 5.41) is 6.62. The second-order valence-electron chi connectivity index (χ2n) is 8.35. The van der Waals surface area contributed by atoms with Crippen molar-refractivity contribution in [2.24, 2.45) is 4.99 Å². The molecule has 9 heteroatoms. The average Bonchev–Trinajstić information content (AvgIpc) is 3.32. The van der Waals surface area contributed by atoms with Gasteiger partial charge in [-0.05, 0) is 43.9 Å². The van der Waals surface area contributed by atoms with Gasteiger partial charge in [-0.25, -0.2) is 8.42 Å². The molecule has 2 aliphatic heterocycles. The number of guanidine groups is 1. The summed E-state index contributed by atoms with van der Waals surface area (Å²) >= 11 is 0.